The van der Waals surface area contributed by atoms with Gasteiger partial charge in [0.25, 0.3) is 5.91 Å². The minimum absolute atomic E-state index is 0.0241. The molecule has 2 heterocycles. The number of nitrogens with one attached hydrogen (secondary N) is 1. The molecule has 0 bridgehead atoms. The molecular weight excluding hydrogens is 306 g/mol. The molecule has 2 saturated heterocycles. The van der Waals surface area contributed by atoms with Gasteiger partial charge in [-0.1, -0.05) is 0 Å². The Balaban J connectivity index is 1.49. The zero-order valence-corrected chi connectivity index (χ0v) is 13.5. The summed E-state index contributed by atoms with van der Waals surface area (Å²) in [5.41, 5.74) is 1.26. The standard InChI is InChI=1S/C18H21N3O3/c19-12-13-3-5-15(6-4-13)20-17(22)14-7-9-21(10-8-14)18(23)16-2-1-11-24-16/h3-6,14,16H,1-2,7-11H2,(H,20,22). The van der Waals surface area contributed by atoms with Crippen molar-refractivity contribution in [3.05, 3.63) is 29.8 Å². The minimum Gasteiger partial charge on any atom is -0.368 e. The summed E-state index contributed by atoms with van der Waals surface area (Å²) in [6.45, 7) is 1.87. The summed E-state index contributed by atoms with van der Waals surface area (Å²) >= 11 is 0. The number of carbonyl (C=O) groups excluding carboxylic acids is 2. The van der Waals surface area contributed by atoms with Crippen molar-refractivity contribution >= 4 is 17.5 Å². The molecule has 2 aliphatic heterocycles. The summed E-state index contributed by atoms with van der Waals surface area (Å²) in [5, 5.41) is 11.7. The van der Waals surface area contributed by atoms with Crippen molar-refractivity contribution in [3.63, 3.8) is 0 Å². The van der Waals surface area contributed by atoms with Gasteiger partial charge in [0, 0.05) is 31.3 Å². The van der Waals surface area contributed by atoms with Crippen LogP contribution < -0.4 is 5.32 Å². The second kappa shape index (κ2) is 7.45. The summed E-state index contributed by atoms with van der Waals surface area (Å²) < 4.78 is 5.45. The summed E-state index contributed by atoms with van der Waals surface area (Å²) in [5.74, 6) is -0.0448. The Hall–Kier alpha value is -2.39. The maximum atomic E-state index is 12.4. The van der Waals surface area contributed by atoms with Crippen LogP contribution in [0.4, 0.5) is 5.69 Å². The lowest BCUT2D eigenvalue weighted by Gasteiger charge is -2.32. The van der Waals surface area contributed by atoms with Crippen LogP contribution in [0, 0.1) is 17.2 Å². The topological polar surface area (TPSA) is 82.4 Å². The summed E-state index contributed by atoms with van der Waals surface area (Å²) in [7, 11) is 0. The van der Waals surface area contributed by atoms with E-state index in [4.69, 9.17) is 10.00 Å². The molecule has 6 nitrogen and oxygen atoms in total. The van der Waals surface area contributed by atoms with E-state index >= 15 is 0 Å². The molecule has 1 unspecified atom stereocenters. The van der Waals surface area contributed by atoms with Crippen molar-refractivity contribution in [2.75, 3.05) is 25.0 Å². The fraction of sp³-hybridized carbons (Fsp3) is 0.500. The zero-order valence-electron chi connectivity index (χ0n) is 13.5. The average molecular weight is 327 g/mol. The van der Waals surface area contributed by atoms with Gasteiger partial charge in [0.05, 0.1) is 11.6 Å². The van der Waals surface area contributed by atoms with Crippen LogP contribution in [-0.4, -0.2) is 42.5 Å². The SMILES string of the molecule is N#Cc1ccc(NC(=O)C2CCN(C(=O)C3CCCO3)CC2)cc1. The van der Waals surface area contributed by atoms with E-state index in [2.05, 4.69) is 5.32 Å². The fourth-order valence-electron chi connectivity index (χ4n) is 3.21. The fourth-order valence-corrected chi connectivity index (χ4v) is 3.21. The molecular formula is C18H21N3O3. The van der Waals surface area contributed by atoms with Crippen molar-refractivity contribution in [3.8, 4) is 6.07 Å². The van der Waals surface area contributed by atoms with Gasteiger partial charge >= 0.3 is 0 Å². The van der Waals surface area contributed by atoms with Crippen LogP contribution in [0.5, 0.6) is 0 Å². The lowest BCUT2D eigenvalue weighted by molar-refractivity contribution is -0.143. The number of anilines is 1. The Morgan fingerprint density at radius 2 is 1.88 bits per heavy atom. The highest BCUT2D eigenvalue weighted by Crippen LogP contribution is 2.22. The predicted octanol–water partition coefficient (Wildman–Crippen LogP) is 1.91. The van der Waals surface area contributed by atoms with E-state index < -0.39 is 0 Å². The Morgan fingerprint density at radius 1 is 1.17 bits per heavy atom. The first-order valence-electron chi connectivity index (χ1n) is 8.39. The van der Waals surface area contributed by atoms with Crippen molar-refractivity contribution in [1.29, 1.82) is 5.26 Å². The molecule has 2 fully saturated rings. The lowest BCUT2D eigenvalue weighted by atomic mass is 9.95. The average Bonchev–Trinajstić information content (AvgIpc) is 3.16. The Kier molecular flexibility index (Phi) is 5.11. The number of nitriles is 1. The maximum absolute atomic E-state index is 12.4. The first-order valence-corrected chi connectivity index (χ1v) is 8.39. The summed E-state index contributed by atoms with van der Waals surface area (Å²) in [6, 6.07) is 8.86. The number of hydrogen-bond donors (Lipinski definition) is 1. The number of benzene rings is 1. The van der Waals surface area contributed by atoms with Crippen LogP contribution in [-0.2, 0) is 14.3 Å². The van der Waals surface area contributed by atoms with Gasteiger partial charge in [-0.25, -0.2) is 0 Å². The number of ether oxygens (including phenoxy) is 1. The molecule has 126 valence electrons. The number of carbonyl (C=O) groups is 2. The molecule has 0 aromatic heterocycles. The molecule has 2 aliphatic rings. The molecule has 24 heavy (non-hydrogen) atoms. The first-order chi connectivity index (χ1) is 11.7. The molecule has 6 heteroatoms. The summed E-state index contributed by atoms with van der Waals surface area (Å²) in [6.07, 6.45) is 2.80. The molecule has 1 atom stereocenters. The number of rotatable bonds is 3. The molecule has 0 saturated carbocycles. The van der Waals surface area contributed by atoms with Gasteiger partial charge in [-0.05, 0) is 49.9 Å². The van der Waals surface area contributed by atoms with Gasteiger partial charge in [0.15, 0.2) is 0 Å². The largest absolute Gasteiger partial charge is 0.368 e. The van der Waals surface area contributed by atoms with Crippen LogP contribution in [0.2, 0.25) is 0 Å². The third kappa shape index (κ3) is 3.74. The van der Waals surface area contributed by atoms with Gasteiger partial charge in [-0.2, -0.15) is 5.26 Å². The summed E-state index contributed by atoms with van der Waals surface area (Å²) in [4.78, 5) is 26.5. The van der Waals surface area contributed by atoms with Crippen LogP contribution in [0.25, 0.3) is 0 Å². The van der Waals surface area contributed by atoms with Gasteiger partial charge in [-0.3, -0.25) is 9.59 Å². The van der Waals surface area contributed by atoms with E-state index in [1.807, 2.05) is 11.0 Å². The maximum Gasteiger partial charge on any atom is 0.251 e. The molecule has 3 rings (SSSR count). The zero-order chi connectivity index (χ0) is 16.9. The second-order valence-corrected chi connectivity index (χ2v) is 6.28. The van der Waals surface area contributed by atoms with Crippen LogP contribution >= 0.6 is 0 Å². The highest BCUT2D eigenvalue weighted by molar-refractivity contribution is 5.92. The van der Waals surface area contributed by atoms with Crippen molar-refractivity contribution in [2.45, 2.75) is 31.8 Å². The second-order valence-electron chi connectivity index (χ2n) is 6.28. The third-order valence-electron chi connectivity index (χ3n) is 4.66. The van der Waals surface area contributed by atoms with Gasteiger partial charge in [-0.15, -0.1) is 0 Å². The molecule has 1 aromatic carbocycles. The number of hydrogen-bond acceptors (Lipinski definition) is 4. The number of piperidine rings is 1. The highest BCUT2D eigenvalue weighted by Gasteiger charge is 2.32. The smallest absolute Gasteiger partial charge is 0.251 e. The van der Waals surface area contributed by atoms with E-state index in [1.54, 1.807) is 24.3 Å². The van der Waals surface area contributed by atoms with Crippen molar-refractivity contribution in [2.24, 2.45) is 5.92 Å². The molecule has 1 N–H and O–H groups in total. The Bertz CT molecular complexity index is 636. The van der Waals surface area contributed by atoms with Crippen LogP contribution in [0.1, 0.15) is 31.2 Å². The van der Waals surface area contributed by atoms with Crippen molar-refractivity contribution in [1.82, 2.24) is 4.90 Å². The Morgan fingerprint density at radius 3 is 2.46 bits per heavy atom. The van der Waals surface area contributed by atoms with E-state index in [1.165, 1.54) is 0 Å². The lowest BCUT2D eigenvalue weighted by Crippen LogP contribution is -2.45. The number of nitrogens with zero attached hydrogens (tertiary/aromatic N) is 2. The van der Waals surface area contributed by atoms with Crippen LogP contribution in [0.15, 0.2) is 24.3 Å². The van der Waals surface area contributed by atoms with Crippen LogP contribution in [0.3, 0.4) is 0 Å². The van der Waals surface area contributed by atoms with Gasteiger partial charge in [0.1, 0.15) is 6.10 Å². The van der Waals surface area contributed by atoms with Gasteiger partial charge < -0.3 is 15.0 Å². The normalized spacial score (nSPS) is 21.3. The number of amides is 2. The molecule has 0 spiro atoms. The Labute approximate surface area is 141 Å². The highest BCUT2D eigenvalue weighted by atomic mass is 16.5. The molecule has 0 aliphatic carbocycles. The quantitative estimate of drug-likeness (QED) is 0.919. The van der Waals surface area contributed by atoms with Gasteiger partial charge in [0.2, 0.25) is 5.91 Å². The van der Waals surface area contributed by atoms with Crippen molar-refractivity contribution < 1.29 is 14.3 Å². The first kappa shape index (κ1) is 16.5. The minimum atomic E-state index is -0.283. The molecule has 2 amide bonds. The monoisotopic (exact) mass is 327 g/mol. The predicted molar refractivity (Wildman–Crippen MR) is 88.1 cm³/mol. The van der Waals surface area contributed by atoms with E-state index in [0.717, 1.165) is 12.8 Å². The third-order valence-corrected chi connectivity index (χ3v) is 4.66. The molecule has 0 radical (unpaired) electrons. The van der Waals surface area contributed by atoms with E-state index in [-0.39, 0.29) is 23.8 Å². The number of likely N-dealkylation sites (tertiary alicyclic amines) is 1. The molecule has 1 aromatic rings. The van der Waals surface area contributed by atoms with E-state index in [9.17, 15) is 9.59 Å². The van der Waals surface area contributed by atoms with E-state index in [0.29, 0.717) is 43.8 Å².